The Labute approximate surface area is 194 Å². The highest BCUT2D eigenvalue weighted by molar-refractivity contribution is 7.91. The number of aromatic nitrogens is 3. The summed E-state index contributed by atoms with van der Waals surface area (Å²) in [7, 11) is -3.19. The summed E-state index contributed by atoms with van der Waals surface area (Å²) in [5, 5.41) is 8.10. The fraction of sp³-hybridized carbons (Fsp3) is 0.208. The first-order valence-corrected chi connectivity index (χ1v) is 12.4. The second-order valence-corrected chi connectivity index (χ2v) is 10.9. The molecule has 10 heteroatoms. The Morgan fingerprint density at radius 1 is 1.06 bits per heavy atom. The van der Waals surface area contributed by atoms with Crippen LogP contribution < -0.4 is 5.32 Å². The third kappa shape index (κ3) is 4.16. The van der Waals surface area contributed by atoms with E-state index in [0.29, 0.717) is 39.8 Å². The van der Waals surface area contributed by atoms with Crippen molar-refractivity contribution >= 4 is 26.6 Å². The standard InChI is InChI=1S/C24H20F2N4O3S/c1-24(8-9-34(32,33)14-24)28-23(31)15-2-7-20-21(11-15)30(19-5-3-17(25)4-6-19)29-22(20)16-10-18(26)13-27-12-16/h2-7,10-13H,8-9,14H2,1H3,(H,28,31)/t24-/m1/s1. The number of pyridine rings is 1. The highest BCUT2D eigenvalue weighted by atomic mass is 32.2. The molecule has 5 rings (SSSR count). The molecule has 4 aromatic rings. The molecule has 0 bridgehead atoms. The van der Waals surface area contributed by atoms with Crippen molar-refractivity contribution in [2.75, 3.05) is 11.5 Å². The summed E-state index contributed by atoms with van der Waals surface area (Å²) >= 11 is 0. The summed E-state index contributed by atoms with van der Waals surface area (Å²) in [4.78, 5) is 16.9. The van der Waals surface area contributed by atoms with E-state index in [1.807, 2.05) is 0 Å². The lowest BCUT2D eigenvalue weighted by atomic mass is 10.0. The van der Waals surface area contributed by atoms with E-state index in [9.17, 15) is 22.0 Å². The van der Waals surface area contributed by atoms with Gasteiger partial charge in [-0.3, -0.25) is 9.78 Å². The van der Waals surface area contributed by atoms with Crippen molar-refractivity contribution in [1.82, 2.24) is 20.1 Å². The largest absolute Gasteiger partial charge is 0.346 e. The van der Waals surface area contributed by atoms with E-state index in [1.54, 1.807) is 41.9 Å². The van der Waals surface area contributed by atoms with Gasteiger partial charge in [-0.15, -0.1) is 0 Å². The van der Waals surface area contributed by atoms with Crippen LogP contribution in [-0.2, 0) is 9.84 Å². The molecule has 1 N–H and O–H groups in total. The minimum absolute atomic E-state index is 0.0329. The van der Waals surface area contributed by atoms with Gasteiger partial charge >= 0.3 is 0 Å². The number of rotatable bonds is 4. The molecule has 2 aromatic heterocycles. The quantitative estimate of drug-likeness (QED) is 0.479. The van der Waals surface area contributed by atoms with E-state index in [0.717, 1.165) is 6.20 Å². The predicted molar refractivity (Wildman–Crippen MR) is 123 cm³/mol. The van der Waals surface area contributed by atoms with Crippen molar-refractivity contribution in [3.8, 4) is 16.9 Å². The number of amides is 1. The van der Waals surface area contributed by atoms with Gasteiger partial charge < -0.3 is 5.32 Å². The van der Waals surface area contributed by atoms with Crippen LogP contribution in [0.5, 0.6) is 0 Å². The fourth-order valence-corrected chi connectivity index (χ4v) is 6.34. The zero-order valence-electron chi connectivity index (χ0n) is 18.1. The number of halogens is 2. The number of fused-ring (bicyclic) bond motifs is 1. The van der Waals surface area contributed by atoms with Crippen LogP contribution in [0.2, 0.25) is 0 Å². The van der Waals surface area contributed by atoms with Crippen LogP contribution >= 0.6 is 0 Å². The maximum Gasteiger partial charge on any atom is 0.251 e. The summed E-state index contributed by atoms with van der Waals surface area (Å²) in [6, 6.07) is 11.9. The normalized spacial score (nSPS) is 19.4. The SMILES string of the molecule is C[C@@]1(NC(=O)c2ccc3c(-c4cncc(F)c4)nn(-c4ccc(F)cc4)c3c2)CCS(=O)(=O)C1. The van der Waals surface area contributed by atoms with Gasteiger partial charge in [-0.25, -0.2) is 21.9 Å². The van der Waals surface area contributed by atoms with Crippen molar-refractivity contribution in [1.29, 1.82) is 0 Å². The Balaban J connectivity index is 1.61. The molecule has 0 saturated carbocycles. The summed E-state index contributed by atoms with van der Waals surface area (Å²) in [6.45, 7) is 1.71. The first-order chi connectivity index (χ1) is 16.1. The van der Waals surface area contributed by atoms with Crippen LogP contribution in [0.25, 0.3) is 27.8 Å². The molecule has 1 aliphatic heterocycles. The van der Waals surface area contributed by atoms with Gasteiger partial charge in [-0.05, 0) is 61.9 Å². The molecule has 7 nitrogen and oxygen atoms in total. The van der Waals surface area contributed by atoms with Crippen molar-refractivity contribution in [3.05, 3.63) is 78.1 Å². The van der Waals surface area contributed by atoms with Crippen LogP contribution in [0, 0.1) is 11.6 Å². The highest BCUT2D eigenvalue weighted by Crippen LogP contribution is 2.31. The molecule has 3 heterocycles. The van der Waals surface area contributed by atoms with Gasteiger partial charge in [0.15, 0.2) is 9.84 Å². The molecule has 0 aliphatic carbocycles. The molecule has 2 aromatic carbocycles. The van der Waals surface area contributed by atoms with Gasteiger partial charge in [0.2, 0.25) is 0 Å². The average Bonchev–Trinajstić information content (AvgIpc) is 3.30. The molecular formula is C24H20F2N4O3S. The van der Waals surface area contributed by atoms with Crippen molar-refractivity contribution in [2.24, 2.45) is 0 Å². The second kappa shape index (κ2) is 7.98. The Kier molecular flexibility index (Phi) is 5.20. The van der Waals surface area contributed by atoms with Crippen LogP contribution in [0.15, 0.2) is 60.9 Å². The molecule has 1 atom stereocenters. The Hall–Kier alpha value is -3.66. The van der Waals surface area contributed by atoms with Crippen molar-refractivity contribution in [3.63, 3.8) is 0 Å². The molecule has 0 radical (unpaired) electrons. The van der Waals surface area contributed by atoms with E-state index >= 15 is 0 Å². The van der Waals surface area contributed by atoms with Gasteiger partial charge in [0.1, 0.15) is 17.3 Å². The fourth-order valence-electron chi connectivity index (χ4n) is 4.25. The van der Waals surface area contributed by atoms with Crippen LogP contribution in [0.1, 0.15) is 23.7 Å². The van der Waals surface area contributed by atoms with E-state index in [4.69, 9.17) is 0 Å². The minimum atomic E-state index is -3.19. The third-order valence-electron chi connectivity index (χ3n) is 5.91. The highest BCUT2D eigenvalue weighted by Gasteiger charge is 2.39. The maximum absolute atomic E-state index is 13.8. The second-order valence-electron chi connectivity index (χ2n) is 8.72. The van der Waals surface area contributed by atoms with E-state index in [-0.39, 0.29) is 11.5 Å². The molecule has 1 aliphatic rings. The number of nitrogens with one attached hydrogen (secondary N) is 1. The molecule has 1 amide bonds. The molecule has 0 unspecified atom stereocenters. The Bertz CT molecular complexity index is 1530. The number of benzene rings is 2. The Morgan fingerprint density at radius 2 is 1.82 bits per heavy atom. The molecule has 34 heavy (non-hydrogen) atoms. The number of carbonyl (C=O) groups is 1. The zero-order valence-corrected chi connectivity index (χ0v) is 18.9. The van der Waals surface area contributed by atoms with Crippen LogP contribution in [-0.4, -0.2) is 46.1 Å². The molecular weight excluding hydrogens is 462 g/mol. The lowest BCUT2D eigenvalue weighted by Gasteiger charge is -2.23. The number of hydrogen-bond donors (Lipinski definition) is 1. The number of hydrogen-bond acceptors (Lipinski definition) is 5. The van der Waals surface area contributed by atoms with Gasteiger partial charge in [0.05, 0.1) is 34.4 Å². The first kappa shape index (κ1) is 22.1. The average molecular weight is 483 g/mol. The summed E-state index contributed by atoms with van der Waals surface area (Å²) < 4.78 is 52.7. The van der Waals surface area contributed by atoms with Gasteiger partial charge in [-0.2, -0.15) is 5.10 Å². The molecule has 174 valence electrons. The molecule has 1 fully saturated rings. The van der Waals surface area contributed by atoms with Gasteiger partial charge in [-0.1, -0.05) is 0 Å². The number of nitrogens with zero attached hydrogens (tertiary/aromatic N) is 3. The maximum atomic E-state index is 13.8. The van der Waals surface area contributed by atoms with Crippen molar-refractivity contribution in [2.45, 2.75) is 18.9 Å². The van der Waals surface area contributed by atoms with E-state index < -0.39 is 32.9 Å². The first-order valence-electron chi connectivity index (χ1n) is 10.6. The lowest BCUT2D eigenvalue weighted by molar-refractivity contribution is 0.0915. The molecule has 0 spiro atoms. The van der Waals surface area contributed by atoms with E-state index in [1.165, 1.54) is 24.4 Å². The summed E-state index contributed by atoms with van der Waals surface area (Å²) in [5.41, 5.74) is 1.46. The molecule has 1 saturated heterocycles. The van der Waals surface area contributed by atoms with Crippen LogP contribution in [0.4, 0.5) is 8.78 Å². The van der Waals surface area contributed by atoms with Crippen LogP contribution in [0.3, 0.4) is 0 Å². The van der Waals surface area contributed by atoms with Crippen molar-refractivity contribution < 1.29 is 22.0 Å². The summed E-state index contributed by atoms with van der Waals surface area (Å²) in [5.74, 6) is -1.42. The summed E-state index contributed by atoms with van der Waals surface area (Å²) in [6.07, 6.45) is 2.92. The lowest BCUT2D eigenvalue weighted by Crippen LogP contribution is -2.46. The van der Waals surface area contributed by atoms with Gasteiger partial charge in [0, 0.05) is 22.7 Å². The topological polar surface area (TPSA) is 93.9 Å². The predicted octanol–water partition coefficient (Wildman–Crippen LogP) is 3.67. The Morgan fingerprint density at radius 3 is 2.50 bits per heavy atom. The number of carbonyl (C=O) groups excluding carboxylic acids is 1. The van der Waals surface area contributed by atoms with E-state index in [2.05, 4.69) is 15.4 Å². The van der Waals surface area contributed by atoms with Gasteiger partial charge in [0.25, 0.3) is 5.91 Å². The minimum Gasteiger partial charge on any atom is -0.346 e. The monoisotopic (exact) mass is 482 g/mol. The zero-order chi connectivity index (χ0) is 24.1. The smallest absolute Gasteiger partial charge is 0.251 e. The third-order valence-corrected chi connectivity index (χ3v) is 7.81. The number of sulfone groups is 1.